The maximum Gasteiger partial charge on any atom is 0.407 e. The van der Waals surface area contributed by atoms with E-state index in [0.29, 0.717) is 11.4 Å². The lowest BCUT2D eigenvalue weighted by atomic mass is 9.98. The van der Waals surface area contributed by atoms with Gasteiger partial charge in [0.15, 0.2) is 0 Å². The number of H-pyrrole nitrogens is 1. The minimum atomic E-state index is -1.11. The molecule has 33 heavy (non-hydrogen) atoms. The zero-order valence-corrected chi connectivity index (χ0v) is 17.7. The van der Waals surface area contributed by atoms with Crippen LogP contribution in [0.25, 0.3) is 11.1 Å². The minimum absolute atomic E-state index is 0.0869. The Bertz CT molecular complexity index is 1190. The van der Waals surface area contributed by atoms with Crippen molar-refractivity contribution in [2.24, 2.45) is 0 Å². The Morgan fingerprint density at radius 2 is 1.76 bits per heavy atom. The third-order valence-corrected chi connectivity index (χ3v) is 6.23. The molecule has 0 radical (unpaired) electrons. The number of carbonyl (C=O) groups excluding carboxylic acids is 2. The first kappa shape index (κ1) is 20.7. The van der Waals surface area contributed by atoms with E-state index in [0.717, 1.165) is 22.3 Å². The van der Waals surface area contributed by atoms with Crippen molar-refractivity contribution >= 4 is 18.0 Å². The largest absolute Gasteiger partial charge is 0.480 e. The zero-order valence-electron chi connectivity index (χ0n) is 17.7. The van der Waals surface area contributed by atoms with E-state index in [9.17, 15) is 19.5 Å². The van der Waals surface area contributed by atoms with E-state index in [1.54, 1.807) is 0 Å². The molecule has 1 atom stereocenters. The fourth-order valence-electron chi connectivity index (χ4n) is 4.62. The Balaban J connectivity index is 1.20. The first-order valence-corrected chi connectivity index (χ1v) is 10.6. The van der Waals surface area contributed by atoms with Crippen molar-refractivity contribution < 1.29 is 24.2 Å². The number of fused-ring (bicyclic) bond motifs is 4. The van der Waals surface area contributed by atoms with Crippen LogP contribution in [0, 0.1) is 0 Å². The number of nitrogens with zero attached hydrogens (tertiary/aromatic N) is 2. The summed E-state index contributed by atoms with van der Waals surface area (Å²) in [6.45, 7) is -0.131. The number of ether oxygens (including phenoxy) is 1. The highest BCUT2D eigenvalue weighted by molar-refractivity contribution is 5.87. The fraction of sp³-hybridized carbons (Fsp3) is 0.250. The van der Waals surface area contributed by atoms with Crippen molar-refractivity contribution in [1.82, 2.24) is 20.2 Å². The molecule has 0 spiro atoms. The van der Waals surface area contributed by atoms with Crippen molar-refractivity contribution in [3.05, 3.63) is 77.4 Å². The van der Waals surface area contributed by atoms with Crippen LogP contribution in [0.2, 0.25) is 0 Å². The second-order valence-electron chi connectivity index (χ2n) is 8.09. The van der Waals surface area contributed by atoms with Crippen molar-refractivity contribution in [2.75, 3.05) is 13.2 Å². The molecule has 0 saturated heterocycles. The van der Waals surface area contributed by atoms with E-state index in [1.165, 1.54) is 11.2 Å². The molecule has 1 aliphatic heterocycles. The van der Waals surface area contributed by atoms with Gasteiger partial charge in [0, 0.05) is 12.3 Å². The summed E-state index contributed by atoms with van der Waals surface area (Å²) >= 11 is 0. The van der Waals surface area contributed by atoms with Crippen LogP contribution in [0.1, 0.15) is 28.4 Å². The van der Waals surface area contributed by atoms with Gasteiger partial charge in [-0.25, -0.2) is 14.6 Å². The number of nitrogens with one attached hydrogen (secondary N) is 2. The Labute approximate surface area is 189 Å². The smallest absolute Gasteiger partial charge is 0.407 e. The van der Waals surface area contributed by atoms with Crippen LogP contribution >= 0.6 is 0 Å². The van der Waals surface area contributed by atoms with Crippen LogP contribution in [0.3, 0.4) is 0 Å². The van der Waals surface area contributed by atoms with Gasteiger partial charge in [0.25, 0.3) is 0 Å². The number of carboxylic acid groups (broad SMARTS) is 1. The van der Waals surface area contributed by atoms with E-state index in [-0.39, 0.29) is 32.0 Å². The maximum atomic E-state index is 12.7. The SMILES string of the molecule is O=C(NCC(=O)N1Cc2[nH]cnc2CC1C(=O)O)OCC1c2ccccc2-c2ccccc21. The van der Waals surface area contributed by atoms with E-state index >= 15 is 0 Å². The van der Waals surface area contributed by atoms with E-state index in [4.69, 9.17) is 4.74 Å². The molecule has 9 heteroatoms. The Kier molecular flexibility index (Phi) is 5.29. The van der Waals surface area contributed by atoms with Crippen LogP contribution in [0.4, 0.5) is 4.79 Å². The average molecular weight is 446 g/mol. The topological polar surface area (TPSA) is 125 Å². The number of rotatable bonds is 5. The number of benzene rings is 2. The van der Waals surface area contributed by atoms with Crippen LogP contribution in [-0.4, -0.2) is 57.1 Å². The van der Waals surface area contributed by atoms with Crippen LogP contribution < -0.4 is 5.32 Å². The first-order chi connectivity index (χ1) is 16.0. The molecule has 0 fully saturated rings. The number of alkyl carbamates (subject to hydrolysis) is 1. The molecule has 9 nitrogen and oxygen atoms in total. The molecule has 1 unspecified atom stereocenters. The first-order valence-electron chi connectivity index (χ1n) is 10.6. The van der Waals surface area contributed by atoms with Crippen molar-refractivity contribution in [2.45, 2.75) is 24.9 Å². The molecular formula is C24H22N4O5. The molecule has 2 amide bonds. The number of amides is 2. The number of carboxylic acids is 1. The lowest BCUT2D eigenvalue weighted by Gasteiger charge is -2.32. The molecule has 0 saturated carbocycles. The highest BCUT2D eigenvalue weighted by Crippen LogP contribution is 2.44. The Morgan fingerprint density at radius 3 is 2.42 bits per heavy atom. The summed E-state index contributed by atoms with van der Waals surface area (Å²) in [5.41, 5.74) is 5.77. The van der Waals surface area contributed by atoms with Gasteiger partial charge in [0.1, 0.15) is 19.2 Å². The quantitative estimate of drug-likeness (QED) is 0.552. The van der Waals surface area contributed by atoms with E-state index < -0.39 is 24.0 Å². The fourth-order valence-corrected chi connectivity index (χ4v) is 4.62. The van der Waals surface area contributed by atoms with E-state index in [2.05, 4.69) is 27.4 Å². The second kappa shape index (κ2) is 8.42. The van der Waals surface area contributed by atoms with Crippen molar-refractivity contribution in [3.8, 4) is 11.1 Å². The molecule has 3 N–H and O–H groups in total. The molecule has 168 valence electrons. The van der Waals surface area contributed by atoms with Crippen LogP contribution in [-0.2, 0) is 27.3 Å². The summed E-state index contributed by atoms with van der Waals surface area (Å²) in [4.78, 5) is 44.9. The van der Waals surface area contributed by atoms with Gasteiger partial charge in [-0.2, -0.15) is 0 Å². The summed E-state index contributed by atoms with van der Waals surface area (Å²) in [6.07, 6.45) is 0.869. The van der Waals surface area contributed by atoms with Gasteiger partial charge < -0.3 is 25.0 Å². The number of aliphatic carboxylic acids is 1. The van der Waals surface area contributed by atoms with Gasteiger partial charge in [-0.15, -0.1) is 0 Å². The number of aromatic nitrogens is 2. The average Bonchev–Trinajstić information content (AvgIpc) is 3.42. The standard InChI is InChI=1S/C24H22N4O5/c29-22(28-11-20-19(26-13-27-20)9-21(28)23(30)31)10-25-24(32)33-12-18-16-7-3-1-5-14(16)15-6-2-4-8-17(15)18/h1-8,13,18,21H,9-12H2,(H,25,32)(H,26,27)(H,30,31). The number of aromatic amines is 1. The highest BCUT2D eigenvalue weighted by Gasteiger charge is 2.36. The predicted molar refractivity (Wildman–Crippen MR) is 117 cm³/mol. The molecule has 0 bridgehead atoms. The van der Waals surface area contributed by atoms with Gasteiger partial charge in [0.2, 0.25) is 5.91 Å². The molecule has 2 heterocycles. The predicted octanol–water partition coefficient (Wildman–Crippen LogP) is 2.29. The van der Waals surface area contributed by atoms with Crippen LogP contribution in [0.15, 0.2) is 54.9 Å². The number of carbonyl (C=O) groups is 3. The molecule has 1 aromatic heterocycles. The van der Waals surface area contributed by atoms with Gasteiger partial charge in [-0.3, -0.25) is 4.79 Å². The summed E-state index contributed by atoms with van der Waals surface area (Å²) in [7, 11) is 0. The zero-order chi connectivity index (χ0) is 22.9. The maximum absolute atomic E-state index is 12.7. The van der Waals surface area contributed by atoms with Crippen LogP contribution in [0.5, 0.6) is 0 Å². The molecule has 5 rings (SSSR count). The minimum Gasteiger partial charge on any atom is -0.480 e. The Hall–Kier alpha value is -4.14. The summed E-state index contributed by atoms with van der Waals surface area (Å²) in [6, 6.07) is 15.0. The Morgan fingerprint density at radius 1 is 1.09 bits per heavy atom. The summed E-state index contributed by atoms with van der Waals surface area (Å²) in [5, 5.41) is 12.0. The van der Waals surface area contributed by atoms with Gasteiger partial charge in [-0.1, -0.05) is 48.5 Å². The van der Waals surface area contributed by atoms with E-state index in [1.807, 2.05) is 36.4 Å². The van der Waals surface area contributed by atoms with Gasteiger partial charge in [0.05, 0.1) is 24.3 Å². The highest BCUT2D eigenvalue weighted by atomic mass is 16.5. The molecule has 3 aromatic rings. The normalized spacial score (nSPS) is 16.5. The second-order valence-corrected chi connectivity index (χ2v) is 8.09. The monoisotopic (exact) mass is 446 g/mol. The molecule has 1 aliphatic carbocycles. The molecule has 2 aromatic carbocycles. The molecular weight excluding hydrogens is 424 g/mol. The van der Waals surface area contributed by atoms with Crippen molar-refractivity contribution in [1.29, 1.82) is 0 Å². The molecule has 2 aliphatic rings. The number of hydrogen-bond acceptors (Lipinski definition) is 5. The lowest BCUT2D eigenvalue weighted by molar-refractivity contribution is -0.151. The number of hydrogen-bond donors (Lipinski definition) is 3. The summed E-state index contributed by atoms with van der Waals surface area (Å²) in [5.74, 6) is -1.70. The van der Waals surface area contributed by atoms with Crippen molar-refractivity contribution in [3.63, 3.8) is 0 Å². The lowest BCUT2D eigenvalue weighted by Crippen LogP contribution is -2.51. The van der Waals surface area contributed by atoms with Gasteiger partial charge in [-0.05, 0) is 22.3 Å². The third kappa shape index (κ3) is 3.82. The number of imidazole rings is 1. The summed E-state index contributed by atoms with van der Waals surface area (Å²) < 4.78 is 5.44. The third-order valence-electron chi connectivity index (χ3n) is 6.23. The van der Waals surface area contributed by atoms with Gasteiger partial charge >= 0.3 is 12.1 Å².